The largest absolute Gasteiger partial charge is 0.471 e. The topological polar surface area (TPSA) is 166 Å². The third kappa shape index (κ3) is 10.2. The summed E-state index contributed by atoms with van der Waals surface area (Å²) in [6.45, 7) is 17.4. The third-order valence-corrected chi connectivity index (χ3v) is 15.6. The second-order valence-electron chi connectivity index (χ2n) is 14.6. The average molecular weight is 781 g/mol. The number of alkyl halides is 3. The fraction of sp³-hybridized carbons (Fsp3) is 0.588. The molecule has 1 aliphatic rings. The van der Waals surface area contributed by atoms with Crippen LogP contribution in [0.1, 0.15) is 71.5 Å². The number of halogens is 3. The molecule has 4 rings (SSSR count). The summed E-state index contributed by atoms with van der Waals surface area (Å²) in [6.07, 6.45) is -6.71. The van der Waals surface area contributed by atoms with Gasteiger partial charge in [-0.2, -0.15) is 18.4 Å². The molecule has 14 nitrogen and oxygen atoms in total. The number of rotatable bonds is 15. The maximum Gasteiger partial charge on any atom is 0.471 e. The van der Waals surface area contributed by atoms with Crippen LogP contribution < -0.4 is 10.6 Å². The van der Waals surface area contributed by atoms with Gasteiger partial charge in [-0.1, -0.05) is 39.0 Å². The summed E-state index contributed by atoms with van der Waals surface area (Å²) in [5.74, 6) is -2.43. The zero-order chi connectivity index (χ0) is 39.3. The Labute approximate surface area is 309 Å². The fourth-order valence-corrected chi connectivity index (χ4v) is 8.51. The number of fused-ring (bicyclic) bond motifs is 1. The smallest absolute Gasteiger partial charge is 0.407 e. The maximum absolute atomic E-state index is 13.4. The van der Waals surface area contributed by atoms with Gasteiger partial charge in [-0.25, -0.2) is 19.6 Å². The van der Waals surface area contributed by atoms with E-state index in [0.29, 0.717) is 5.56 Å². The molecule has 1 fully saturated rings. The molecule has 0 radical (unpaired) electrons. The van der Waals surface area contributed by atoms with Crippen molar-refractivity contribution in [2.75, 3.05) is 18.5 Å². The van der Waals surface area contributed by atoms with Crippen LogP contribution in [0, 0.1) is 11.3 Å². The van der Waals surface area contributed by atoms with Gasteiger partial charge in [-0.05, 0) is 58.0 Å². The van der Waals surface area contributed by atoms with E-state index in [1.807, 2.05) is 71.5 Å². The summed E-state index contributed by atoms with van der Waals surface area (Å²) in [5, 5.41) is 13.7. The van der Waals surface area contributed by atoms with E-state index in [-0.39, 0.29) is 47.1 Å². The summed E-state index contributed by atoms with van der Waals surface area (Å²) >= 11 is 0. The molecule has 2 aromatic heterocycles. The Morgan fingerprint density at radius 2 is 1.74 bits per heavy atom. The standard InChI is InChI=1S/C34H48F3N8O6PSi/c1-21(2)45(22(3)4)52(48-17-13-16-38)50-26-24(18-39-32(47)34(35,36)37)49-31(27(26)51-53(8,9)33(5,6)7)44-20-42-25-28(40-19-41-29(25)44)43-30(46)23-14-11-10-12-15-23/h10-12,14-15,19-22,24,26-27,31H,13,17-18H2,1-9H3,(H,39,47)(H,40,41,43,46)/t24-,26-,27-,31-,52?/m1/s1. The van der Waals surface area contributed by atoms with E-state index < -0.39 is 65.9 Å². The molecule has 1 aliphatic heterocycles. The van der Waals surface area contributed by atoms with Gasteiger partial charge in [-0.3, -0.25) is 14.2 Å². The fourth-order valence-electron chi connectivity index (χ4n) is 5.46. The SMILES string of the molecule is CC(C)N(C(C)C)P(OCCC#N)O[C@H]1[C@@H](O[Si](C)(C)C(C)(C)C)[C@H](n2cnc3c(NC(=O)c4ccccc4)ncnc32)O[C@@H]1CNC(=O)C(F)(F)F. The summed E-state index contributed by atoms with van der Waals surface area (Å²) in [5.41, 5.74) is 0.870. The van der Waals surface area contributed by atoms with Crippen molar-refractivity contribution in [3.8, 4) is 6.07 Å². The number of imidazole rings is 1. The molecule has 5 atom stereocenters. The summed E-state index contributed by atoms with van der Waals surface area (Å²) in [6, 6.07) is 10.4. The summed E-state index contributed by atoms with van der Waals surface area (Å²) in [4.78, 5) is 38.3. The minimum Gasteiger partial charge on any atom is -0.407 e. The van der Waals surface area contributed by atoms with Crippen LogP contribution >= 0.6 is 8.53 Å². The van der Waals surface area contributed by atoms with Crippen LogP contribution in [0.5, 0.6) is 0 Å². The molecule has 290 valence electrons. The Morgan fingerprint density at radius 1 is 1.08 bits per heavy atom. The molecular formula is C34H48F3N8O6PSi. The first-order chi connectivity index (χ1) is 24.8. The van der Waals surface area contributed by atoms with Crippen LogP contribution in [0.15, 0.2) is 43.0 Å². The number of hydrogen-bond acceptors (Lipinski definition) is 11. The summed E-state index contributed by atoms with van der Waals surface area (Å²) < 4.78 is 70.3. The van der Waals surface area contributed by atoms with Crippen LogP contribution in [-0.2, 0) is 23.0 Å². The molecule has 1 unspecified atom stereocenters. The number of nitrogens with one attached hydrogen (secondary N) is 2. The van der Waals surface area contributed by atoms with Crippen LogP contribution in [-0.4, -0.2) is 94.0 Å². The highest BCUT2D eigenvalue weighted by atomic mass is 31.2. The number of anilines is 1. The van der Waals surface area contributed by atoms with Gasteiger partial charge in [0.2, 0.25) is 0 Å². The molecule has 2 N–H and O–H groups in total. The van der Waals surface area contributed by atoms with E-state index in [9.17, 15) is 28.0 Å². The molecule has 53 heavy (non-hydrogen) atoms. The van der Waals surface area contributed by atoms with Gasteiger partial charge in [0.05, 0.1) is 25.4 Å². The number of nitriles is 1. The number of ether oxygens (including phenoxy) is 1. The normalized spacial score (nSPS) is 20.3. The molecule has 19 heteroatoms. The number of carbonyl (C=O) groups excluding carboxylic acids is 2. The lowest BCUT2D eigenvalue weighted by molar-refractivity contribution is -0.174. The van der Waals surface area contributed by atoms with Gasteiger partial charge in [0, 0.05) is 24.2 Å². The van der Waals surface area contributed by atoms with Crippen LogP contribution in [0.2, 0.25) is 18.1 Å². The van der Waals surface area contributed by atoms with Gasteiger partial charge >= 0.3 is 12.1 Å². The highest BCUT2D eigenvalue weighted by Crippen LogP contribution is 2.52. The van der Waals surface area contributed by atoms with Crippen molar-refractivity contribution >= 4 is 45.6 Å². The lowest BCUT2D eigenvalue weighted by atomic mass is 10.1. The Kier molecular flexibility index (Phi) is 13.7. The Hall–Kier alpha value is -3.56. The number of nitrogens with zero attached hydrogens (tertiary/aromatic N) is 6. The highest BCUT2D eigenvalue weighted by Gasteiger charge is 2.54. The number of amides is 2. The van der Waals surface area contributed by atoms with Crippen LogP contribution in [0.25, 0.3) is 11.2 Å². The van der Waals surface area contributed by atoms with Crippen molar-refractivity contribution in [3.63, 3.8) is 0 Å². The van der Waals surface area contributed by atoms with Crippen molar-refractivity contribution in [1.29, 1.82) is 5.26 Å². The molecule has 1 saturated heterocycles. The number of benzene rings is 1. The first-order valence-corrected chi connectivity index (χ1v) is 21.3. The molecule has 3 heterocycles. The predicted octanol–water partition coefficient (Wildman–Crippen LogP) is 6.71. The van der Waals surface area contributed by atoms with E-state index in [1.54, 1.807) is 34.9 Å². The Bertz CT molecular complexity index is 1740. The second kappa shape index (κ2) is 17.3. The second-order valence-corrected chi connectivity index (χ2v) is 20.8. The monoisotopic (exact) mass is 780 g/mol. The minimum absolute atomic E-state index is 0.0406. The van der Waals surface area contributed by atoms with Crippen LogP contribution in [0.4, 0.5) is 19.0 Å². The van der Waals surface area contributed by atoms with E-state index in [2.05, 4.69) is 26.3 Å². The zero-order valence-corrected chi connectivity index (χ0v) is 33.2. The van der Waals surface area contributed by atoms with Gasteiger partial charge < -0.3 is 28.8 Å². The molecule has 0 saturated carbocycles. The highest BCUT2D eigenvalue weighted by molar-refractivity contribution is 7.44. The maximum atomic E-state index is 13.4. The predicted molar refractivity (Wildman–Crippen MR) is 195 cm³/mol. The number of hydrogen-bond donors (Lipinski definition) is 2. The first-order valence-electron chi connectivity index (χ1n) is 17.2. The molecule has 0 aliphatic carbocycles. The summed E-state index contributed by atoms with van der Waals surface area (Å²) in [7, 11) is -4.64. The van der Waals surface area contributed by atoms with E-state index in [4.69, 9.17) is 18.2 Å². The first kappa shape index (κ1) is 42.2. The van der Waals surface area contributed by atoms with Gasteiger partial charge in [0.1, 0.15) is 24.6 Å². The molecule has 3 aromatic rings. The van der Waals surface area contributed by atoms with Crippen molar-refractivity contribution in [2.24, 2.45) is 0 Å². The molecular weight excluding hydrogens is 732 g/mol. The molecule has 1 aromatic carbocycles. The number of aromatic nitrogens is 4. The van der Waals surface area contributed by atoms with Gasteiger partial charge in [-0.15, -0.1) is 0 Å². The zero-order valence-electron chi connectivity index (χ0n) is 31.3. The Morgan fingerprint density at radius 3 is 2.32 bits per heavy atom. The molecule has 2 amide bonds. The van der Waals surface area contributed by atoms with E-state index in [0.717, 1.165) is 0 Å². The van der Waals surface area contributed by atoms with Crippen molar-refractivity contribution in [3.05, 3.63) is 48.5 Å². The third-order valence-electron chi connectivity index (χ3n) is 9.02. The van der Waals surface area contributed by atoms with E-state index >= 15 is 0 Å². The van der Waals surface area contributed by atoms with Crippen molar-refractivity contribution in [1.82, 2.24) is 29.5 Å². The van der Waals surface area contributed by atoms with E-state index in [1.165, 1.54) is 12.7 Å². The quantitative estimate of drug-likeness (QED) is 0.0957. The van der Waals surface area contributed by atoms with Gasteiger partial charge in [0.25, 0.3) is 14.4 Å². The van der Waals surface area contributed by atoms with Gasteiger partial charge in [0.15, 0.2) is 31.5 Å². The molecule has 0 spiro atoms. The average Bonchev–Trinajstić information content (AvgIpc) is 3.64. The minimum atomic E-state index is -5.14. The van der Waals surface area contributed by atoms with Crippen molar-refractivity contribution in [2.45, 2.75) is 116 Å². The van der Waals surface area contributed by atoms with Crippen molar-refractivity contribution < 1.29 is 41.0 Å². The lowest BCUT2D eigenvalue weighted by Gasteiger charge is -2.42. The Balaban J connectivity index is 1.84. The lowest BCUT2D eigenvalue weighted by Crippen LogP contribution is -2.50. The van der Waals surface area contributed by atoms with Crippen LogP contribution in [0.3, 0.4) is 0 Å². The number of carbonyl (C=O) groups is 2. The molecule has 0 bridgehead atoms.